The van der Waals surface area contributed by atoms with Gasteiger partial charge in [0.25, 0.3) is 0 Å². The number of unbranched alkanes of at least 4 members (excludes halogenated alkanes) is 6. The van der Waals surface area contributed by atoms with Gasteiger partial charge in [-0.2, -0.15) is 12.8 Å². The Kier molecular flexibility index (Phi) is 39.4. The van der Waals surface area contributed by atoms with Gasteiger partial charge >= 0.3 is 72.6 Å². The summed E-state index contributed by atoms with van der Waals surface area (Å²) in [6, 6.07) is 0. The van der Waals surface area contributed by atoms with Crippen molar-refractivity contribution in [2.24, 2.45) is 0 Å². The summed E-state index contributed by atoms with van der Waals surface area (Å²) in [5.41, 5.74) is 0. The normalized spacial score (nSPS) is 9.33. The first-order valence-corrected chi connectivity index (χ1v) is 14.8. The molecule has 0 rings (SSSR count). The molecular weight excluding hydrogens is 358 g/mol. The first-order chi connectivity index (χ1) is 7.83. The summed E-state index contributed by atoms with van der Waals surface area (Å²) in [5.74, 6) is 0. The Morgan fingerprint density at radius 1 is 0.722 bits per heavy atom. The Balaban J connectivity index is -0.0000000799. The van der Waals surface area contributed by atoms with Gasteiger partial charge in [0.1, 0.15) is 0 Å². The average Bonchev–Trinajstić information content (AvgIpc) is 2.22. The van der Waals surface area contributed by atoms with Crippen molar-refractivity contribution in [1.29, 1.82) is 0 Å². The largest absolute Gasteiger partial charge is 2.00 e. The number of hydrogen-bond donors (Lipinski definition) is 0. The predicted octanol–water partition coefficient (Wildman–Crippen LogP) is 7.18. The Morgan fingerprint density at radius 2 is 0.944 bits per heavy atom. The van der Waals surface area contributed by atoms with Crippen molar-refractivity contribution in [1.82, 2.24) is 0 Å². The van der Waals surface area contributed by atoms with Gasteiger partial charge in [-0.1, -0.05) is 52.4 Å². The van der Waals surface area contributed by atoms with E-state index in [4.69, 9.17) is 37.2 Å². The molecule has 0 bridgehead atoms. The van der Waals surface area contributed by atoms with E-state index >= 15 is 0 Å². The molecule has 0 unspecified atom stereocenters. The standard InChI is InChI=1S/2C6H13.4ClH.Mg.Ti/c2*1-3-5-6-4-2;;;;;;/h2*1,3-6H2,2H3;4*1H;;/q2*-1;;;;;+2;+4/p-4. The number of hydrogen-bond acceptors (Lipinski definition) is 0. The monoisotopic (exact) mass is 382 g/mol. The summed E-state index contributed by atoms with van der Waals surface area (Å²) < 4.78 is 0. The molecule has 0 aromatic heterocycles. The van der Waals surface area contributed by atoms with Crippen LogP contribution in [0.5, 0.6) is 0 Å². The van der Waals surface area contributed by atoms with Crippen LogP contribution in [-0.2, 0) is 12.3 Å². The first kappa shape index (κ1) is 28.8. The van der Waals surface area contributed by atoms with Crippen LogP contribution >= 0.6 is 37.2 Å². The molecule has 0 nitrogen and oxygen atoms in total. The van der Waals surface area contributed by atoms with E-state index in [0.717, 1.165) is 12.8 Å². The van der Waals surface area contributed by atoms with Gasteiger partial charge in [0.15, 0.2) is 0 Å². The Morgan fingerprint density at radius 3 is 1.00 bits per heavy atom. The van der Waals surface area contributed by atoms with E-state index in [9.17, 15) is 0 Å². The van der Waals surface area contributed by atoms with Crippen LogP contribution in [0.4, 0.5) is 0 Å². The minimum Gasteiger partial charge on any atom is 2.00 e. The van der Waals surface area contributed by atoms with Crippen LogP contribution in [0, 0.1) is 13.8 Å². The second-order valence-corrected chi connectivity index (χ2v) is 19.0. The Hall–Kier alpha value is 2.64. The first-order valence-electron chi connectivity index (χ1n) is 6.17. The smallest absolute Gasteiger partial charge is 2.00 e. The molecule has 0 aromatic rings. The third-order valence-corrected chi connectivity index (χ3v) is 1.71. The van der Waals surface area contributed by atoms with Gasteiger partial charge in [0, 0.05) is 0 Å². The van der Waals surface area contributed by atoms with Crippen molar-refractivity contribution in [3.05, 3.63) is 13.8 Å². The summed E-state index contributed by atoms with van der Waals surface area (Å²) >= 11 is -3.11. The van der Waals surface area contributed by atoms with Crippen molar-refractivity contribution < 1.29 is 12.3 Å². The van der Waals surface area contributed by atoms with Crippen LogP contribution in [-0.4, -0.2) is 23.1 Å². The van der Waals surface area contributed by atoms with Crippen LogP contribution < -0.4 is 0 Å². The van der Waals surface area contributed by atoms with E-state index in [2.05, 4.69) is 27.7 Å². The van der Waals surface area contributed by atoms with Crippen molar-refractivity contribution in [3.63, 3.8) is 0 Å². The molecular formula is C12H26Cl4MgTi. The molecule has 0 saturated heterocycles. The molecule has 0 atom stereocenters. The van der Waals surface area contributed by atoms with E-state index in [0.29, 0.717) is 0 Å². The molecule has 0 spiro atoms. The molecule has 0 amide bonds. The summed E-state index contributed by atoms with van der Waals surface area (Å²) in [6.07, 6.45) is 10.1. The number of halogens is 4. The molecule has 6 heteroatoms. The zero-order chi connectivity index (χ0) is 14.2. The quantitative estimate of drug-likeness (QED) is 0.259. The summed E-state index contributed by atoms with van der Waals surface area (Å²) in [7, 11) is 20.1. The minimum absolute atomic E-state index is 0. The van der Waals surface area contributed by atoms with E-state index in [1.807, 2.05) is 0 Å². The van der Waals surface area contributed by atoms with Gasteiger partial charge in [-0.25, -0.2) is 0 Å². The van der Waals surface area contributed by atoms with Crippen LogP contribution in [0.3, 0.4) is 0 Å². The van der Waals surface area contributed by atoms with Gasteiger partial charge in [-0.15, -0.1) is 0 Å². The third-order valence-electron chi connectivity index (χ3n) is 1.71. The fraction of sp³-hybridized carbons (Fsp3) is 0.833. The number of rotatable bonds is 6. The molecule has 0 N–H and O–H groups in total. The molecule has 0 aliphatic carbocycles. The van der Waals surface area contributed by atoms with Crippen LogP contribution in [0.1, 0.15) is 65.2 Å². The van der Waals surface area contributed by atoms with Gasteiger partial charge in [-0.05, 0) is 0 Å². The zero-order valence-electron chi connectivity index (χ0n) is 11.8. The van der Waals surface area contributed by atoms with E-state index in [-0.39, 0.29) is 23.1 Å². The Labute approximate surface area is 150 Å². The van der Waals surface area contributed by atoms with E-state index in [1.54, 1.807) is 0 Å². The molecule has 0 aliphatic heterocycles. The zero-order valence-corrected chi connectivity index (χ0v) is 17.8. The van der Waals surface area contributed by atoms with Crippen molar-refractivity contribution in [2.75, 3.05) is 0 Å². The fourth-order valence-corrected chi connectivity index (χ4v) is 0.854. The molecule has 18 heavy (non-hydrogen) atoms. The molecule has 0 radical (unpaired) electrons. The maximum atomic E-state index is 5.01. The van der Waals surface area contributed by atoms with Gasteiger partial charge in [0.2, 0.25) is 0 Å². The summed E-state index contributed by atoms with van der Waals surface area (Å²) in [6.45, 7) is 11.9. The second kappa shape index (κ2) is 24.6. The SMILES string of the molecule is [CH2-]CCCCC.[CH2-]CCCCC.[Cl][Ti]([Cl])([Cl])[Cl].[Mg+2]. The van der Waals surface area contributed by atoms with Crippen LogP contribution in [0.2, 0.25) is 0 Å². The van der Waals surface area contributed by atoms with E-state index in [1.165, 1.54) is 38.5 Å². The molecule has 108 valence electrons. The molecule has 0 aromatic carbocycles. The Bertz CT molecular complexity index is 99.1. The van der Waals surface area contributed by atoms with Gasteiger partial charge in [0.05, 0.1) is 0 Å². The molecule has 0 fully saturated rings. The van der Waals surface area contributed by atoms with Gasteiger partial charge in [-0.3, -0.25) is 0 Å². The van der Waals surface area contributed by atoms with Crippen LogP contribution in [0.25, 0.3) is 0 Å². The van der Waals surface area contributed by atoms with Crippen LogP contribution in [0.15, 0.2) is 0 Å². The summed E-state index contributed by atoms with van der Waals surface area (Å²) in [5, 5.41) is 0. The predicted molar refractivity (Wildman–Crippen MR) is 88.2 cm³/mol. The third kappa shape index (κ3) is 77.7. The molecule has 0 heterocycles. The maximum Gasteiger partial charge on any atom is 2.00 e. The second-order valence-electron chi connectivity index (χ2n) is 3.55. The topological polar surface area (TPSA) is 0 Å². The van der Waals surface area contributed by atoms with Gasteiger partial charge < -0.3 is 13.8 Å². The molecule has 0 saturated carbocycles. The fourth-order valence-electron chi connectivity index (χ4n) is 0.854. The van der Waals surface area contributed by atoms with E-state index < -0.39 is 12.3 Å². The van der Waals surface area contributed by atoms with Crippen molar-refractivity contribution in [2.45, 2.75) is 65.2 Å². The van der Waals surface area contributed by atoms with Crippen molar-refractivity contribution >= 4 is 60.3 Å². The average molecular weight is 384 g/mol. The minimum atomic E-state index is -3.11. The maximum absolute atomic E-state index is 5.01. The summed E-state index contributed by atoms with van der Waals surface area (Å²) in [4.78, 5) is 0. The van der Waals surface area contributed by atoms with Crippen molar-refractivity contribution in [3.8, 4) is 0 Å². The molecule has 0 aliphatic rings.